The van der Waals surface area contributed by atoms with Gasteiger partial charge in [0.1, 0.15) is 5.92 Å². The molecule has 0 amide bonds. The average Bonchev–Trinajstić information content (AvgIpc) is 2.44. The summed E-state index contributed by atoms with van der Waals surface area (Å²) < 4.78 is 23.7. The Hall–Kier alpha value is -1.53. The Balaban J connectivity index is 2.37. The number of Topliss-reactive ketones (excluding diaryl/α,β-unsaturated/α-hetero) is 3. The number of rotatable bonds is 4. The van der Waals surface area contributed by atoms with E-state index in [2.05, 4.69) is 0 Å². The summed E-state index contributed by atoms with van der Waals surface area (Å²) in [5, 5.41) is -0.0695. The largest absolute Gasteiger partial charge is 0.298 e. The zero-order valence-electron chi connectivity index (χ0n) is 13.8. The fourth-order valence-corrected chi connectivity index (χ4v) is 4.14. The van der Waals surface area contributed by atoms with Gasteiger partial charge in [0.2, 0.25) is 0 Å². The SMILES string of the molecule is CCS(=O)(=O)c1ccc(C(=O)C2C(=O)CC(C)(C)CC2=O)c(Cl)c1. The lowest BCUT2D eigenvalue weighted by atomic mass is 9.70. The molecule has 1 fully saturated rings. The molecule has 0 unspecified atom stereocenters. The van der Waals surface area contributed by atoms with Crippen molar-refractivity contribution >= 4 is 38.8 Å². The molecule has 24 heavy (non-hydrogen) atoms. The molecule has 0 bridgehead atoms. The first-order valence-corrected chi connectivity index (χ1v) is 9.63. The van der Waals surface area contributed by atoms with Crippen LogP contribution in [0.15, 0.2) is 23.1 Å². The third kappa shape index (κ3) is 3.59. The van der Waals surface area contributed by atoms with Gasteiger partial charge >= 0.3 is 0 Å². The Morgan fingerprint density at radius 3 is 2.21 bits per heavy atom. The van der Waals surface area contributed by atoms with Gasteiger partial charge in [0.15, 0.2) is 27.2 Å². The van der Waals surface area contributed by atoms with Crippen molar-refractivity contribution < 1.29 is 22.8 Å². The summed E-state index contributed by atoms with van der Waals surface area (Å²) in [7, 11) is -3.45. The smallest absolute Gasteiger partial charge is 0.182 e. The maximum Gasteiger partial charge on any atom is 0.182 e. The second kappa shape index (κ2) is 6.41. The van der Waals surface area contributed by atoms with Gasteiger partial charge in [-0.2, -0.15) is 0 Å². The molecule has 0 N–H and O–H groups in total. The molecule has 0 spiro atoms. The minimum atomic E-state index is -3.45. The van der Waals surface area contributed by atoms with Gasteiger partial charge in [0.05, 0.1) is 15.7 Å². The number of halogens is 1. The van der Waals surface area contributed by atoms with Crippen molar-refractivity contribution in [2.24, 2.45) is 11.3 Å². The highest BCUT2D eigenvalue weighted by Gasteiger charge is 2.44. The molecule has 0 heterocycles. The molecule has 7 heteroatoms. The predicted octanol–water partition coefficient (Wildman–Crippen LogP) is 2.89. The number of carbonyl (C=O) groups excluding carboxylic acids is 3. The number of carbonyl (C=O) groups is 3. The second-order valence-corrected chi connectivity index (χ2v) is 9.48. The van der Waals surface area contributed by atoms with Crippen LogP contribution in [0.5, 0.6) is 0 Å². The highest BCUT2D eigenvalue weighted by atomic mass is 35.5. The van der Waals surface area contributed by atoms with Crippen LogP contribution in [-0.2, 0) is 19.4 Å². The van der Waals surface area contributed by atoms with Crippen LogP contribution in [0.4, 0.5) is 0 Å². The van der Waals surface area contributed by atoms with Crippen molar-refractivity contribution in [3.05, 3.63) is 28.8 Å². The Morgan fingerprint density at radius 1 is 1.21 bits per heavy atom. The average molecular weight is 371 g/mol. The van der Waals surface area contributed by atoms with E-state index in [9.17, 15) is 22.8 Å². The molecular weight excluding hydrogens is 352 g/mol. The Kier molecular flexibility index (Phi) is 5.02. The van der Waals surface area contributed by atoms with Crippen molar-refractivity contribution in [2.45, 2.75) is 38.5 Å². The van der Waals surface area contributed by atoms with E-state index in [-0.39, 0.29) is 34.1 Å². The first-order chi connectivity index (χ1) is 11.0. The minimum Gasteiger partial charge on any atom is -0.298 e. The number of benzene rings is 1. The standard InChI is InChI=1S/C17H19ClO5S/c1-4-24(22,23)10-5-6-11(12(18)7-10)16(21)15-13(19)8-17(2,3)9-14(15)20/h5-7,15H,4,8-9H2,1-3H3. The van der Waals surface area contributed by atoms with Gasteiger partial charge < -0.3 is 0 Å². The quantitative estimate of drug-likeness (QED) is 0.601. The molecule has 1 aromatic rings. The normalized spacial score (nSPS) is 18.7. The van der Waals surface area contributed by atoms with Crippen molar-refractivity contribution in [1.82, 2.24) is 0 Å². The molecule has 1 saturated carbocycles. The van der Waals surface area contributed by atoms with Gasteiger partial charge in [-0.3, -0.25) is 14.4 Å². The molecule has 1 aliphatic carbocycles. The van der Waals surface area contributed by atoms with E-state index in [1.54, 1.807) is 13.8 Å². The van der Waals surface area contributed by atoms with Crippen LogP contribution in [-0.4, -0.2) is 31.5 Å². The lowest BCUT2D eigenvalue weighted by Crippen LogP contribution is -2.41. The number of hydrogen-bond donors (Lipinski definition) is 0. The number of ketones is 3. The molecule has 0 radical (unpaired) electrons. The van der Waals surface area contributed by atoms with E-state index in [4.69, 9.17) is 11.6 Å². The van der Waals surface area contributed by atoms with E-state index >= 15 is 0 Å². The molecular formula is C17H19ClO5S. The summed E-state index contributed by atoms with van der Waals surface area (Å²) in [6.45, 7) is 5.12. The van der Waals surface area contributed by atoms with E-state index in [0.717, 1.165) is 0 Å². The van der Waals surface area contributed by atoms with Crippen LogP contribution < -0.4 is 0 Å². The minimum absolute atomic E-state index is 0.00174. The van der Waals surface area contributed by atoms with Gasteiger partial charge in [-0.05, 0) is 23.6 Å². The van der Waals surface area contributed by atoms with Crippen LogP contribution in [0.25, 0.3) is 0 Å². The fraction of sp³-hybridized carbons (Fsp3) is 0.471. The molecule has 1 aliphatic rings. The highest BCUT2D eigenvalue weighted by Crippen LogP contribution is 2.36. The summed E-state index contributed by atoms with van der Waals surface area (Å²) >= 11 is 6.05. The van der Waals surface area contributed by atoms with Crippen LogP contribution in [0.2, 0.25) is 5.02 Å². The Bertz CT molecular complexity index is 803. The third-order valence-electron chi connectivity index (χ3n) is 4.16. The van der Waals surface area contributed by atoms with Gasteiger partial charge in [0.25, 0.3) is 0 Å². The molecule has 0 saturated heterocycles. The summed E-state index contributed by atoms with van der Waals surface area (Å²) in [4.78, 5) is 37.1. The van der Waals surface area contributed by atoms with E-state index in [1.165, 1.54) is 25.1 Å². The van der Waals surface area contributed by atoms with Crippen LogP contribution in [0.3, 0.4) is 0 Å². The number of hydrogen-bond acceptors (Lipinski definition) is 5. The second-order valence-electron chi connectivity index (χ2n) is 6.79. The van der Waals surface area contributed by atoms with Crippen molar-refractivity contribution in [3.63, 3.8) is 0 Å². The van der Waals surface area contributed by atoms with Crippen LogP contribution >= 0.6 is 11.6 Å². The third-order valence-corrected chi connectivity index (χ3v) is 6.20. The lowest BCUT2D eigenvalue weighted by Gasteiger charge is -2.31. The molecule has 0 aliphatic heterocycles. The van der Waals surface area contributed by atoms with E-state index < -0.39 is 38.5 Å². The molecule has 2 rings (SSSR count). The number of sulfone groups is 1. The summed E-state index contributed by atoms with van der Waals surface area (Å²) in [5.41, 5.74) is -0.452. The topological polar surface area (TPSA) is 85.3 Å². The van der Waals surface area contributed by atoms with Gasteiger partial charge in [-0.1, -0.05) is 32.4 Å². The van der Waals surface area contributed by atoms with E-state index in [0.29, 0.717) is 0 Å². The van der Waals surface area contributed by atoms with Gasteiger partial charge in [-0.25, -0.2) is 8.42 Å². The zero-order chi connectivity index (χ0) is 18.3. The monoisotopic (exact) mass is 370 g/mol. The van der Waals surface area contributed by atoms with Gasteiger partial charge in [-0.15, -0.1) is 0 Å². The van der Waals surface area contributed by atoms with Crippen molar-refractivity contribution in [2.75, 3.05) is 5.75 Å². The van der Waals surface area contributed by atoms with Crippen molar-refractivity contribution in [1.29, 1.82) is 0 Å². The van der Waals surface area contributed by atoms with Crippen LogP contribution in [0.1, 0.15) is 44.0 Å². The Labute approximate surface area is 146 Å². The summed E-state index contributed by atoms with van der Waals surface area (Å²) in [5.74, 6) is -2.93. The molecule has 0 aromatic heterocycles. The molecule has 1 aromatic carbocycles. The predicted molar refractivity (Wildman–Crippen MR) is 90.0 cm³/mol. The summed E-state index contributed by atoms with van der Waals surface area (Å²) in [6.07, 6.45) is 0.296. The summed E-state index contributed by atoms with van der Waals surface area (Å²) in [6, 6.07) is 3.74. The first-order valence-electron chi connectivity index (χ1n) is 7.60. The van der Waals surface area contributed by atoms with Crippen molar-refractivity contribution in [3.8, 4) is 0 Å². The Morgan fingerprint density at radius 2 is 1.75 bits per heavy atom. The molecule has 0 atom stereocenters. The first kappa shape index (κ1) is 18.8. The molecule has 5 nitrogen and oxygen atoms in total. The highest BCUT2D eigenvalue weighted by molar-refractivity contribution is 7.91. The van der Waals surface area contributed by atoms with Crippen LogP contribution in [0, 0.1) is 11.3 Å². The van der Waals surface area contributed by atoms with E-state index in [1.807, 2.05) is 0 Å². The molecule has 130 valence electrons. The maximum atomic E-state index is 12.6. The fourth-order valence-electron chi connectivity index (χ4n) is 2.89. The lowest BCUT2D eigenvalue weighted by molar-refractivity contribution is -0.137. The van der Waals surface area contributed by atoms with Gasteiger partial charge in [0, 0.05) is 18.4 Å². The maximum absolute atomic E-state index is 12.6. The zero-order valence-corrected chi connectivity index (χ0v) is 15.3.